The van der Waals surface area contributed by atoms with E-state index in [1.165, 1.54) is 5.56 Å². The number of aromatic nitrogens is 1. The molecule has 0 aliphatic heterocycles. The summed E-state index contributed by atoms with van der Waals surface area (Å²) in [4.78, 5) is 0. The fourth-order valence-electron chi connectivity index (χ4n) is 1.98. The van der Waals surface area contributed by atoms with E-state index >= 15 is 0 Å². The second-order valence-corrected chi connectivity index (χ2v) is 5.27. The Morgan fingerprint density at radius 2 is 1.90 bits per heavy atom. The SMILES string of the molecule is Cc1cc(CNC(C)c2ccc(OC(C)C)cc2)on1. The van der Waals surface area contributed by atoms with Crippen molar-refractivity contribution in [2.24, 2.45) is 0 Å². The lowest BCUT2D eigenvalue weighted by atomic mass is 10.1. The minimum absolute atomic E-state index is 0.200. The molecule has 0 fully saturated rings. The Labute approximate surface area is 120 Å². The predicted octanol–water partition coefficient (Wildman–Crippen LogP) is 3.62. The molecule has 20 heavy (non-hydrogen) atoms. The van der Waals surface area contributed by atoms with Crippen LogP contribution in [-0.4, -0.2) is 11.3 Å². The number of ether oxygens (including phenoxy) is 1. The zero-order chi connectivity index (χ0) is 14.5. The molecule has 0 aliphatic carbocycles. The van der Waals surface area contributed by atoms with Crippen LogP contribution in [0.4, 0.5) is 0 Å². The Hall–Kier alpha value is -1.81. The number of hydrogen-bond acceptors (Lipinski definition) is 4. The molecule has 1 heterocycles. The Morgan fingerprint density at radius 1 is 1.20 bits per heavy atom. The van der Waals surface area contributed by atoms with E-state index in [0.29, 0.717) is 6.54 Å². The second kappa shape index (κ2) is 6.57. The molecule has 0 saturated heterocycles. The highest BCUT2D eigenvalue weighted by Crippen LogP contribution is 2.19. The van der Waals surface area contributed by atoms with Gasteiger partial charge >= 0.3 is 0 Å². The van der Waals surface area contributed by atoms with Gasteiger partial charge in [0.25, 0.3) is 0 Å². The minimum atomic E-state index is 0.200. The standard InChI is InChI=1S/C16H22N2O2/c1-11(2)19-15-7-5-14(6-8-15)13(4)17-10-16-9-12(3)18-20-16/h5-9,11,13,17H,10H2,1-4H3. The number of hydrogen-bond donors (Lipinski definition) is 1. The molecule has 2 rings (SSSR count). The van der Waals surface area contributed by atoms with Gasteiger partial charge in [0, 0.05) is 12.1 Å². The lowest BCUT2D eigenvalue weighted by Gasteiger charge is -2.15. The van der Waals surface area contributed by atoms with Crippen molar-refractivity contribution in [1.29, 1.82) is 0 Å². The summed E-state index contributed by atoms with van der Waals surface area (Å²) in [6, 6.07) is 10.4. The summed E-state index contributed by atoms with van der Waals surface area (Å²) in [6.07, 6.45) is 0.200. The Morgan fingerprint density at radius 3 is 2.45 bits per heavy atom. The van der Waals surface area contributed by atoms with E-state index in [9.17, 15) is 0 Å². The molecule has 0 aliphatic rings. The van der Waals surface area contributed by atoms with Gasteiger partial charge in [0.1, 0.15) is 5.75 Å². The van der Waals surface area contributed by atoms with E-state index < -0.39 is 0 Å². The quantitative estimate of drug-likeness (QED) is 0.874. The lowest BCUT2D eigenvalue weighted by molar-refractivity contribution is 0.242. The van der Waals surface area contributed by atoms with Crippen LogP contribution in [0.25, 0.3) is 0 Å². The third kappa shape index (κ3) is 4.10. The van der Waals surface area contributed by atoms with Gasteiger partial charge in [0.2, 0.25) is 0 Å². The van der Waals surface area contributed by atoms with Gasteiger partial charge in [0.15, 0.2) is 5.76 Å². The molecule has 4 heteroatoms. The smallest absolute Gasteiger partial charge is 0.150 e. The van der Waals surface area contributed by atoms with Crippen molar-refractivity contribution in [3.63, 3.8) is 0 Å². The molecule has 1 unspecified atom stereocenters. The monoisotopic (exact) mass is 274 g/mol. The first kappa shape index (κ1) is 14.6. The van der Waals surface area contributed by atoms with E-state index in [4.69, 9.17) is 9.26 Å². The summed E-state index contributed by atoms with van der Waals surface area (Å²) in [6.45, 7) is 8.77. The maximum atomic E-state index is 5.64. The van der Waals surface area contributed by atoms with E-state index in [2.05, 4.69) is 29.5 Å². The molecular formula is C16H22N2O2. The average molecular weight is 274 g/mol. The van der Waals surface area contributed by atoms with Gasteiger partial charge < -0.3 is 14.6 Å². The van der Waals surface area contributed by atoms with Crippen molar-refractivity contribution >= 4 is 0 Å². The Kier molecular flexibility index (Phi) is 4.79. The summed E-state index contributed by atoms with van der Waals surface area (Å²) in [5.74, 6) is 1.76. The molecule has 0 bridgehead atoms. The summed E-state index contributed by atoms with van der Waals surface area (Å²) >= 11 is 0. The molecule has 0 spiro atoms. The summed E-state index contributed by atoms with van der Waals surface area (Å²) < 4.78 is 10.8. The first-order valence-electron chi connectivity index (χ1n) is 6.97. The maximum absolute atomic E-state index is 5.64. The van der Waals surface area contributed by atoms with Crippen LogP contribution in [0.2, 0.25) is 0 Å². The molecular weight excluding hydrogens is 252 g/mol. The molecule has 2 aromatic rings. The van der Waals surface area contributed by atoms with Crippen LogP contribution in [0, 0.1) is 6.92 Å². The van der Waals surface area contributed by atoms with Crippen molar-refractivity contribution in [3.05, 3.63) is 47.3 Å². The van der Waals surface area contributed by atoms with Crippen molar-refractivity contribution in [3.8, 4) is 5.75 Å². The van der Waals surface area contributed by atoms with Gasteiger partial charge in [-0.25, -0.2) is 0 Å². The molecule has 0 radical (unpaired) electrons. The molecule has 4 nitrogen and oxygen atoms in total. The zero-order valence-electron chi connectivity index (χ0n) is 12.5. The van der Waals surface area contributed by atoms with Crippen molar-refractivity contribution in [1.82, 2.24) is 10.5 Å². The summed E-state index contributed by atoms with van der Waals surface area (Å²) in [7, 11) is 0. The Balaban J connectivity index is 1.90. The van der Waals surface area contributed by atoms with Crippen molar-refractivity contribution in [2.75, 3.05) is 0 Å². The molecule has 1 atom stereocenters. The fraction of sp³-hybridized carbons (Fsp3) is 0.438. The molecule has 1 aromatic heterocycles. The third-order valence-electron chi connectivity index (χ3n) is 3.01. The lowest BCUT2D eigenvalue weighted by Crippen LogP contribution is -2.17. The molecule has 1 N–H and O–H groups in total. The van der Waals surface area contributed by atoms with Crippen LogP contribution in [0.1, 0.15) is 43.8 Å². The van der Waals surface area contributed by atoms with Crippen LogP contribution in [0.3, 0.4) is 0 Å². The number of benzene rings is 1. The van der Waals surface area contributed by atoms with E-state index in [1.807, 2.05) is 39.0 Å². The topological polar surface area (TPSA) is 47.3 Å². The summed E-state index contributed by atoms with van der Waals surface area (Å²) in [5, 5.41) is 7.29. The van der Waals surface area contributed by atoms with Crippen LogP contribution in [0.15, 0.2) is 34.9 Å². The average Bonchev–Trinajstić information content (AvgIpc) is 2.82. The Bertz CT molecular complexity index is 532. The van der Waals surface area contributed by atoms with Crippen molar-refractivity contribution < 1.29 is 9.26 Å². The normalized spacial score (nSPS) is 12.7. The fourth-order valence-corrected chi connectivity index (χ4v) is 1.98. The van der Waals surface area contributed by atoms with E-state index in [1.54, 1.807) is 0 Å². The first-order chi connectivity index (χ1) is 9.54. The zero-order valence-corrected chi connectivity index (χ0v) is 12.5. The van der Waals surface area contributed by atoms with Gasteiger partial charge in [0.05, 0.1) is 18.3 Å². The van der Waals surface area contributed by atoms with Gasteiger partial charge in [-0.1, -0.05) is 17.3 Å². The second-order valence-electron chi connectivity index (χ2n) is 5.27. The molecule has 108 valence electrons. The first-order valence-corrected chi connectivity index (χ1v) is 6.97. The molecule has 0 amide bonds. The predicted molar refractivity (Wildman–Crippen MR) is 78.7 cm³/mol. The van der Waals surface area contributed by atoms with Gasteiger partial charge in [-0.05, 0) is 45.4 Å². The highest BCUT2D eigenvalue weighted by molar-refractivity contribution is 5.29. The third-order valence-corrected chi connectivity index (χ3v) is 3.01. The highest BCUT2D eigenvalue weighted by atomic mass is 16.5. The molecule has 1 aromatic carbocycles. The number of nitrogens with one attached hydrogen (secondary N) is 1. The van der Waals surface area contributed by atoms with Crippen LogP contribution in [0.5, 0.6) is 5.75 Å². The van der Waals surface area contributed by atoms with Crippen LogP contribution >= 0.6 is 0 Å². The van der Waals surface area contributed by atoms with Gasteiger partial charge in [-0.2, -0.15) is 0 Å². The minimum Gasteiger partial charge on any atom is -0.491 e. The van der Waals surface area contributed by atoms with Crippen LogP contribution < -0.4 is 10.1 Å². The maximum Gasteiger partial charge on any atom is 0.150 e. The van der Waals surface area contributed by atoms with E-state index in [-0.39, 0.29) is 12.1 Å². The van der Waals surface area contributed by atoms with Crippen molar-refractivity contribution in [2.45, 2.75) is 46.4 Å². The number of aryl methyl sites for hydroxylation is 1. The number of rotatable bonds is 6. The highest BCUT2D eigenvalue weighted by Gasteiger charge is 2.07. The van der Waals surface area contributed by atoms with Gasteiger partial charge in [-0.3, -0.25) is 0 Å². The van der Waals surface area contributed by atoms with Gasteiger partial charge in [-0.15, -0.1) is 0 Å². The number of nitrogens with zero attached hydrogens (tertiary/aromatic N) is 1. The largest absolute Gasteiger partial charge is 0.491 e. The van der Waals surface area contributed by atoms with Crippen LogP contribution in [-0.2, 0) is 6.54 Å². The molecule has 0 saturated carbocycles. The van der Waals surface area contributed by atoms with E-state index in [0.717, 1.165) is 17.2 Å². The summed E-state index contributed by atoms with van der Waals surface area (Å²) in [5.41, 5.74) is 2.13.